The van der Waals surface area contributed by atoms with E-state index in [4.69, 9.17) is 0 Å². The summed E-state index contributed by atoms with van der Waals surface area (Å²) in [6.07, 6.45) is 4.76. The van der Waals surface area contributed by atoms with Crippen molar-refractivity contribution in [2.45, 2.75) is 71.1 Å². The highest BCUT2D eigenvalue weighted by atomic mass is 19.1. The predicted octanol–water partition coefficient (Wildman–Crippen LogP) is 4.97. The molecule has 3 aromatic rings. The predicted molar refractivity (Wildman–Crippen MR) is 141 cm³/mol. The maximum atomic E-state index is 13.9. The van der Waals surface area contributed by atoms with E-state index < -0.39 is 23.8 Å². The van der Waals surface area contributed by atoms with Crippen molar-refractivity contribution in [3.63, 3.8) is 0 Å². The maximum absolute atomic E-state index is 13.9. The number of carbonyl (C=O) groups is 1. The Kier molecular flexibility index (Phi) is 8.67. The van der Waals surface area contributed by atoms with Crippen LogP contribution >= 0.6 is 0 Å². The first kappa shape index (κ1) is 26.9. The van der Waals surface area contributed by atoms with Crippen LogP contribution in [0, 0.1) is 18.6 Å². The van der Waals surface area contributed by atoms with Crippen molar-refractivity contribution in [3.05, 3.63) is 88.1 Å². The van der Waals surface area contributed by atoms with E-state index in [1.54, 1.807) is 0 Å². The second-order valence-corrected chi connectivity index (χ2v) is 9.99. The summed E-state index contributed by atoms with van der Waals surface area (Å²) >= 11 is 0. The van der Waals surface area contributed by atoms with Crippen LogP contribution in [-0.2, 0) is 24.1 Å². The molecule has 3 N–H and O–H groups in total. The van der Waals surface area contributed by atoms with Crippen molar-refractivity contribution in [2.75, 3.05) is 6.54 Å². The zero-order valence-electron chi connectivity index (χ0n) is 21.7. The van der Waals surface area contributed by atoms with Crippen LogP contribution in [0.15, 0.2) is 48.7 Å². The monoisotopic (exact) mass is 507 g/mol. The Bertz CT molecular complexity index is 1230. The van der Waals surface area contributed by atoms with Gasteiger partial charge in [-0.2, -0.15) is 0 Å². The fourth-order valence-corrected chi connectivity index (χ4v) is 5.16. The van der Waals surface area contributed by atoms with Crippen molar-refractivity contribution in [2.24, 2.45) is 0 Å². The van der Waals surface area contributed by atoms with Crippen LogP contribution in [-0.4, -0.2) is 34.7 Å². The molecule has 0 fully saturated rings. The van der Waals surface area contributed by atoms with Crippen LogP contribution in [0.2, 0.25) is 0 Å². The molecule has 1 aromatic heterocycles. The van der Waals surface area contributed by atoms with Crippen molar-refractivity contribution in [1.29, 1.82) is 0 Å². The Morgan fingerprint density at radius 1 is 1.14 bits per heavy atom. The van der Waals surface area contributed by atoms with E-state index in [9.17, 15) is 18.7 Å². The molecule has 196 valence electrons. The number of aryl methyl sites for hydroxylation is 2. The molecule has 3 atom stereocenters. The smallest absolute Gasteiger partial charge is 0.216 e. The number of nitrogens with zero attached hydrogens (tertiary/aromatic N) is 1. The first-order valence-corrected chi connectivity index (χ1v) is 13.0. The van der Waals surface area contributed by atoms with Gasteiger partial charge in [0.25, 0.3) is 0 Å². The number of rotatable bonds is 9. The number of carbonyl (C=O) groups excluding carboxylic acids is 1. The number of hydrogen-bond acceptors (Lipinski definition) is 4. The molecule has 4 rings (SSSR count). The van der Waals surface area contributed by atoms with Gasteiger partial charge in [0.2, 0.25) is 5.91 Å². The van der Waals surface area contributed by atoms with Gasteiger partial charge in [0.05, 0.1) is 11.8 Å². The van der Waals surface area contributed by atoms with Gasteiger partial charge in [-0.1, -0.05) is 19.1 Å². The number of halogens is 2. The molecular weight excluding hydrogens is 472 g/mol. The molecule has 0 bridgehead atoms. The summed E-state index contributed by atoms with van der Waals surface area (Å²) in [6.45, 7) is 5.57. The first-order valence-electron chi connectivity index (χ1n) is 13.0. The van der Waals surface area contributed by atoms with Gasteiger partial charge in [-0.05, 0) is 91.1 Å². The van der Waals surface area contributed by atoms with Gasteiger partial charge in [-0.3, -0.25) is 9.78 Å². The Morgan fingerprint density at radius 3 is 2.54 bits per heavy atom. The summed E-state index contributed by atoms with van der Waals surface area (Å²) in [5, 5.41) is 17.3. The third-order valence-corrected chi connectivity index (χ3v) is 7.05. The molecule has 1 heterocycles. The molecule has 0 saturated heterocycles. The quantitative estimate of drug-likeness (QED) is 0.382. The lowest BCUT2D eigenvalue weighted by molar-refractivity contribution is -0.119. The summed E-state index contributed by atoms with van der Waals surface area (Å²) in [4.78, 5) is 16.2. The van der Waals surface area contributed by atoms with E-state index in [0.29, 0.717) is 5.56 Å². The minimum atomic E-state index is -0.951. The fourth-order valence-electron chi connectivity index (χ4n) is 5.16. The number of hydrogen-bond donors (Lipinski definition) is 3. The number of pyridine rings is 1. The molecule has 37 heavy (non-hydrogen) atoms. The van der Waals surface area contributed by atoms with E-state index in [-0.39, 0.29) is 24.9 Å². The lowest BCUT2D eigenvalue weighted by Crippen LogP contribution is -2.48. The van der Waals surface area contributed by atoms with E-state index in [1.807, 2.05) is 13.1 Å². The zero-order chi connectivity index (χ0) is 26.5. The van der Waals surface area contributed by atoms with Crippen LogP contribution in [0.3, 0.4) is 0 Å². The maximum Gasteiger partial charge on any atom is 0.216 e. The lowest BCUT2D eigenvalue weighted by atomic mass is 9.81. The minimum Gasteiger partial charge on any atom is -0.390 e. The van der Waals surface area contributed by atoms with E-state index >= 15 is 0 Å². The number of aromatic nitrogens is 1. The summed E-state index contributed by atoms with van der Waals surface area (Å²) < 4.78 is 27.8. The molecule has 0 radical (unpaired) electrons. The standard InChI is InChI=1S/C30H35F2N3O2/c1-4-20-12-25(27-9-8-18(2)16-34-27)24-6-5-7-28(26(24)13-20)35-29(30(37)17-33-19(3)36)14-21-10-22(31)15-23(32)11-21/h8-13,15-16,28-30,35,37H,4-7,14,17H2,1-3H3,(H,33,36). The number of aliphatic hydroxyl groups excluding tert-OH is 1. The molecule has 0 saturated carbocycles. The van der Waals surface area contributed by atoms with E-state index in [1.165, 1.54) is 35.7 Å². The highest BCUT2D eigenvalue weighted by molar-refractivity contribution is 5.72. The molecule has 1 amide bonds. The van der Waals surface area contributed by atoms with Gasteiger partial charge < -0.3 is 15.7 Å². The number of benzene rings is 2. The van der Waals surface area contributed by atoms with E-state index in [2.05, 4.69) is 46.8 Å². The van der Waals surface area contributed by atoms with Crippen LogP contribution in [0.1, 0.15) is 60.5 Å². The average Bonchev–Trinajstić information content (AvgIpc) is 2.86. The van der Waals surface area contributed by atoms with E-state index in [0.717, 1.165) is 48.6 Å². The number of aliphatic hydroxyl groups is 1. The van der Waals surface area contributed by atoms with Crippen molar-refractivity contribution < 1.29 is 18.7 Å². The molecule has 1 aliphatic rings. The lowest BCUT2D eigenvalue weighted by Gasteiger charge is -2.34. The Morgan fingerprint density at radius 2 is 1.89 bits per heavy atom. The van der Waals surface area contributed by atoms with Crippen LogP contribution in [0.25, 0.3) is 11.3 Å². The normalized spacial score (nSPS) is 16.6. The summed E-state index contributed by atoms with van der Waals surface area (Å²) in [5.41, 5.74) is 7.23. The van der Waals surface area contributed by atoms with Crippen LogP contribution in [0.4, 0.5) is 8.78 Å². The van der Waals surface area contributed by atoms with Gasteiger partial charge in [-0.15, -0.1) is 0 Å². The minimum absolute atomic E-state index is 0.0396. The van der Waals surface area contributed by atoms with Crippen molar-refractivity contribution in [1.82, 2.24) is 15.6 Å². The van der Waals surface area contributed by atoms with Crippen molar-refractivity contribution in [3.8, 4) is 11.3 Å². The van der Waals surface area contributed by atoms with Gasteiger partial charge in [0.1, 0.15) is 11.6 Å². The molecule has 5 nitrogen and oxygen atoms in total. The van der Waals surface area contributed by atoms with Crippen LogP contribution in [0.5, 0.6) is 0 Å². The molecule has 2 aromatic carbocycles. The largest absolute Gasteiger partial charge is 0.390 e. The average molecular weight is 508 g/mol. The fraction of sp³-hybridized carbons (Fsp3) is 0.400. The second kappa shape index (κ2) is 11.9. The topological polar surface area (TPSA) is 74.2 Å². The molecule has 0 aliphatic heterocycles. The molecule has 1 aliphatic carbocycles. The third kappa shape index (κ3) is 6.79. The first-order chi connectivity index (χ1) is 17.7. The Balaban J connectivity index is 1.68. The molecule has 0 spiro atoms. The molecule has 7 heteroatoms. The molecule has 3 unspecified atom stereocenters. The van der Waals surface area contributed by atoms with Gasteiger partial charge in [-0.25, -0.2) is 8.78 Å². The third-order valence-electron chi connectivity index (χ3n) is 7.05. The Hall–Kier alpha value is -3.16. The van der Waals surface area contributed by atoms with Gasteiger partial charge in [0.15, 0.2) is 0 Å². The number of amides is 1. The number of fused-ring (bicyclic) bond motifs is 1. The SMILES string of the molecule is CCc1cc(-c2ccc(C)cn2)c2c(c1)C(NC(Cc1cc(F)cc(F)c1)C(O)CNC(C)=O)CCC2. The molecular formula is C30H35F2N3O2. The second-order valence-electron chi connectivity index (χ2n) is 9.99. The van der Waals surface area contributed by atoms with Crippen molar-refractivity contribution >= 4 is 5.91 Å². The zero-order valence-corrected chi connectivity index (χ0v) is 21.7. The van der Waals surface area contributed by atoms with Crippen LogP contribution < -0.4 is 10.6 Å². The summed E-state index contributed by atoms with van der Waals surface area (Å²) in [7, 11) is 0. The van der Waals surface area contributed by atoms with Gasteiger partial charge in [0, 0.05) is 43.4 Å². The number of nitrogens with one attached hydrogen (secondary N) is 2. The summed E-state index contributed by atoms with van der Waals surface area (Å²) in [5.74, 6) is -1.56. The van der Waals surface area contributed by atoms with Gasteiger partial charge >= 0.3 is 0 Å². The highest BCUT2D eigenvalue weighted by Gasteiger charge is 2.29. The summed E-state index contributed by atoms with van der Waals surface area (Å²) in [6, 6.07) is 11.4. The highest BCUT2D eigenvalue weighted by Crippen LogP contribution is 2.37. The Labute approximate surface area is 217 Å².